The molecule has 1 aromatic heterocycles. The van der Waals surface area contributed by atoms with Crippen LogP contribution < -0.4 is 10.6 Å². The number of ether oxygens (including phenoxy) is 1. The highest BCUT2D eigenvalue weighted by Crippen LogP contribution is 2.21. The van der Waals surface area contributed by atoms with Crippen LogP contribution in [0.1, 0.15) is 32.5 Å². The molecule has 0 fully saturated rings. The van der Waals surface area contributed by atoms with Gasteiger partial charge in [-0.3, -0.25) is 0 Å². The standard InChI is InChI=1S/C16H22N4O3/c1-10(2)14-19-15(23-20-14)12-5-7-13(8-6-12)18-16(21)17-11(3)9-22-4/h5-8,10-11H,9H2,1-4H3,(H2,17,18,21)/t11-/m1/s1. The average molecular weight is 318 g/mol. The zero-order valence-corrected chi connectivity index (χ0v) is 13.8. The van der Waals surface area contributed by atoms with E-state index >= 15 is 0 Å². The van der Waals surface area contributed by atoms with E-state index in [9.17, 15) is 4.79 Å². The summed E-state index contributed by atoms with van der Waals surface area (Å²) in [5.74, 6) is 1.36. The number of hydrogen-bond acceptors (Lipinski definition) is 5. The number of nitrogens with zero attached hydrogens (tertiary/aromatic N) is 2. The summed E-state index contributed by atoms with van der Waals surface area (Å²) in [6.07, 6.45) is 0. The lowest BCUT2D eigenvalue weighted by Crippen LogP contribution is -2.38. The fraction of sp³-hybridized carbons (Fsp3) is 0.438. The van der Waals surface area contributed by atoms with Crippen LogP contribution in [0.4, 0.5) is 10.5 Å². The first-order valence-electron chi connectivity index (χ1n) is 7.50. The highest BCUT2D eigenvalue weighted by Gasteiger charge is 2.12. The van der Waals surface area contributed by atoms with Gasteiger partial charge in [0.2, 0.25) is 0 Å². The summed E-state index contributed by atoms with van der Waals surface area (Å²) in [7, 11) is 1.59. The topological polar surface area (TPSA) is 89.3 Å². The first kappa shape index (κ1) is 17.0. The summed E-state index contributed by atoms with van der Waals surface area (Å²) in [5, 5.41) is 9.47. The number of nitrogens with one attached hydrogen (secondary N) is 2. The van der Waals surface area contributed by atoms with Gasteiger partial charge in [0.05, 0.1) is 12.6 Å². The first-order valence-corrected chi connectivity index (χ1v) is 7.50. The molecule has 0 aliphatic carbocycles. The Morgan fingerprint density at radius 1 is 1.26 bits per heavy atom. The van der Waals surface area contributed by atoms with E-state index in [2.05, 4.69) is 20.8 Å². The Balaban J connectivity index is 1.97. The van der Waals surface area contributed by atoms with Crippen molar-refractivity contribution in [3.8, 4) is 11.5 Å². The van der Waals surface area contributed by atoms with Gasteiger partial charge in [-0.05, 0) is 31.2 Å². The quantitative estimate of drug-likeness (QED) is 0.854. The lowest BCUT2D eigenvalue weighted by Gasteiger charge is -2.13. The summed E-state index contributed by atoms with van der Waals surface area (Å²) in [6.45, 7) is 6.34. The number of benzene rings is 1. The molecule has 0 aliphatic heterocycles. The smallest absolute Gasteiger partial charge is 0.319 e. The van der Waals surface area contributed by atoms with E-state index in [0.29, 0.717) is 24.0 Å². The molecule has 23 heavy (non-hydrogen) atoms. The average Bonchev–Trinajstić information content (AvgIpc) is 2.98. The van der Waals surface area contributed by atoms with Crippen molar-refractivity contribution >= 4 is 11.7 Å². The van der Waals surface area contributed by atoms with E-state index in [0.717, 1.165) is 5.56 Å². The van der Waals surface area contributed by atoms with Crippen molar-refractivity contribution in [1.82, 2.24) is 15.5 Å². The normalized spacial score (nSPS) is 12.2. The molecular formula is C16H22N4O3. The third-order valence-electron chi connectivity index (χ3n) is 3.14. The van der Waals surface area contributed by atoms with Gasteiger partial charge >= 0.3 is 6.03 Å². The largest absolute Gasteiger partial charge is 0.383 e. The molecule has 0 radical (unpaired) electrons. The molecule has 0 aliphatic rings. The SMILES string of the molecule is COC[C@@H](C)NC(=O)Nc1ccc(-c2nc(C(C)C)no2)cc1. The Labute approximate surface area is 135 Å². The highest BCUT2D eigenvalue weighted by molar-refractivity contribution is 5.89. The molecular weight excluding hydrogens is 296 g/mol. The second-order valence-electron chi connectivity index (χ2n) is 5.64. The summed E-state index contributed by atoms with van der Waals surface area (Å²) in [5.41, 5.74) is 1.49. The van der Waals surface area contributed by atoms with Crippen LogP contribution in [0, 0.1) is 0 Å². The molecule has 7 heteroatoms. The van der Waals surface area contributed by atoms with E-state index in [1.807, 2.05) is 32.9 Å². The van der Waals surface area contributed by atoms with Crippen LogP contribution >= 0.6 is 0 Å². The predicted octanol–water partition coefficient (Wildman–Crippen LogP) is 3.02. The lowest BCUT2D eigenvalue weighted by atomic mass is 10.2. The van der Waals surface area contributed by atoms with Gasteiger partial charge in [-0.25, -0.2) is 4.79 Å². The van der Waals surface area contributed by atoms with Crippen LogP contribution in [0.15, 0.2) is 28.8 Å². The van der Waals surface area contributed by atoms with Gasteiger partial charge < -0.3 is 19.9 Å². The Hall–Kier alpha value is -2.41. The summed E-state index contributed by atoms with van der Waals surface area (Å²) in [6, 6.07) is 6.89. The van der Waals surface area contributed by atoms with Gasteiger partial charge in [0.25, 0.3) is 5.89 Å². The number of carbonyl (C=O) groups is 1. The van der Waals surface area contributed by atoms with E-state index in [4.69, 9.17) is 9.26 Å². The monoisotopic (exact) mass is 318 g/mol. The number of hydrogen-bond donors (Lipinski definition) is 2. The maximum atomic E-state index is 11.8. The van der Waals surface area contributed by atoms with Crippen LogP contribution in [-0.4, -0.2) is 35.9 Å². The van der Waals surface area contributed by atoms with Crippen LogP contribution in [0.2, 0.25) is 0 Å². The number of carbonyl (C=O) groups excluding carboxylic acids is 1. The molecule has 1 aromatic carbocycles. The molecule has 1 atom stereocenters. The molecule has 0 saturated carbocycles. The Bertz CT molecular complexity index is 637. The summed E-state index contributed by atoms with van der Waals surface area (Å²) < 4.78 is 10.2. The van der Waals surface area contributed by atoms with Gasteiger partial charge in [-0.1, -0.05) is 19.0 Å². The molecule has 7 nitrogen and oxygen atoms in total. The zero-order chi connectivity index (χ0) is 16.8. The highest BCUT2D eigenvalue weighted by atomic mass is 16.5. The third-order valence-corrected chi connectivity index (χ3v) is 3.14. The molecule has 2 N–H and O–H groups in total. The van der Waals surface area contributed by atoms with E-state index in [-0.39, 0.29) is 18.0 Å². The van der Waals surface area contributed by atoms with Crippen LogP contribution in [-0.2, 0) is 4.74 Å². The minimum absolute atomic E-state index is 0.0629. The Morgan fingerprint density at radius 3 is 2.52 bits per heavy atom. The lowest BCUT2D eigenvalue weighted by molar-refractivity contribution is 0.173. The van der Waals surface area contributed by atoms with Crippen LogP contribution in [0.3, 0.4) is 0 Å². The first-order chi connectivity index (χ1) is 11.0. The van der Waals surface area contributed by atoms with Crippen molar-refractivity contribution in [3.63, 3.8) is 0 Å². The molecule has 2 rings (SSSR count). The fourth-order valence-corrected chi connectivity index (χ4v) is 1.97. The van der Waals surface area contributed by atoms with Gasteiger partial charge in [-0.2, -0.15) is 4.98 Å². The Kier molecular flexibility index (Phi) is 5.70. The second kappa shape index (κ2) is 7.73. The van der Waals surface area contributed by atoms with Crippen LogP contribution in [0.25, 0.3) is 11.5 Å². The summed E-state index contributed by atoms with van der Waals surface area (Å²) in [4.78, 5) is 16.2. The predicted molar refractivity (Wildman–Crippen MR) is 87.3 cm³/mol. The molecule has 0 spiro atoms. The summed E-state index contributed by atoms with van der Waals surface area (Å²) >= 11 is 0. The number of rotatable bonds is 6. The number of anilines is 1. The molecule has 2 aromatic rings. The van der Waals surface area contributed by atoms with Crippen molar-refractivity contribution in [2.45, 2.75) is 32.7 Å². The van der Waals surface area contributed by atoms with Gasteiger partial charge in [0.15, 0.2) is 5.82 Å². The van der Waals surface area contributed by atoms with Crippen molar-refractivity contribution < 1.29 is 14.1 Å². The minimum atomic E-state index is -0.276. The molecule has 1 heterocycles. The van der Waals surface area contributed by atoms with Gasteiger partial charge in [0.1, 0.15) is 0 Å². The zero-order valence-electron chi connectivity index (χ0n) is 13.8. The van der Waals surface area contributed by atoms with Crippen LogP contribution in [0.5, 0.6) is 0 Å². The van der Waals surface area contributed by atoms with E-state index in [1.165, 1.54) is 0 Å². The van der Waals surface area contributed by atoms with Gasteiger partial charge in [-0.15, -0.1) is 0 Å². The number of amides is 2. The molecule has 0 unspecified atom stereocenters. The van der Waals surface area contributed by atoms with Crippen molar-refractivity contribution in [1.29, 1.82) is 0 Å². The number of urea groups is 1. The second-order valence-corrected chi connectivity index (χ2v) is 5.64. The van der Waals surface area contributed by atoms with Crippen molar-refractivity contribution in [2.24, 2.45) is 0 Å². The molecule has 2 amide bonds. The maximum absolute atomic E-state index is 11.8. The maximum Gasteiger partial charge on any atom is 0.319 e. The Morgan fingerprint density at radius 2 is 1.96 bits per heavy atom. The van der Waals surface area contributed by atoms with Gasteiger partial charge in [0, 0.05) is 24.3 Å². The van der Waals surface area contributed by atoms with E-state index < -0.39 is 0 Å². The minimum Gasteiger partial charge on any atom is -0.383 e. The third kappa shape index (κ3) is 4.79. The van der Waals surface area contributed by atoms with E-state index in [1.54, 1.807) is 19.2 Å². The number of methoxy groups -OCH3 is 1. The molecule has 0 bridgehead atoms. The number of aromatic nitrogens is 2. The molecule has 0 saturated heterocycles. The van der Waals surface area contributed by atoms with Crippen molar-refractivity contribution in [2.75, 3.05) is 19.0 Å². The van der Waals surface area contributed by atoms with Crippen molar-refractivity contribution in [3.05, 3.63) is 30.1 Å². The molecule has 124 valence electrons. The fourth-order valence-electron chi connectivity index (χ4n) is 1.97.